The van der Waals surface area contributed by atoms with Crippen molar-refractivity contribution in [1.29, 1.82) is 0 Å². The number of hydrogen-bond donors (Lipinski definition) is 0. The zero-order valence-electron chi connectivity index (χ0n) is 7.86. The Labute approximate surface area is 81.8 Å². The molecular weight excluding hydrogens is 172 g/mol. The molecule has 0 aliphatic heterocycles. The van der Waals surface area contributed by atoms with Gasteiger partial charge in [0.15, 0.2) is 0 Å². The largest absolute Gasteiger partial charge is 0.348 e. The van der Waals surface area contributed by atoms with Crippen LogP contribution in [0.4, 0.5) is 0 Å². The van der Waals surface area contributed by atoms with Gasteiger partial charge in [-0.3, -0.25) is 4.98 Å². The predicted molar refractivity (Wildman–Crippen MR) is 57.1 cm³/mol. The highest BCUT2D eigenvalue weighted by atomic mass is 14.9. The van der Waals surface area contributed by atoms with Gasteiger partial charge in [-0.05, 0) is 6.07 Å². The van der Waals surface area contributed by atoms with Crippen molar-refractivity contribution in [3.8, 4) is 0 Å². The number of benzene rings is 1. The molecule has 0 aliphatic carbocycles. The summed E-state index contributed by atoms with van der Waals surface area (Å²) in [7, 11) is 2.02. The van der Waals surface area contributed by atoms with Crippen molar-refractivity contribution in [1.82, 2.24) is 9.55 Å². The number of hydrogen-bond acceptors (Lipinski definition) is 1. The fourth-order valence-electron chi connectivity index (χ4n) is 1.83. The predicted octanol–water partition coefficient (Wildman–Crippen LogP) is 2.53. The number of nitrogens with zero attached hydrogens (tertiary/aromatic N) is 2. The molecule has 2 aromatic heterocycles. The Kier molecular flexibility index (Phi) is 1.39. The lowest BCUT2D eigenvalue weighted by Gasteiger charge is -2.00. The third kappa shape index (κ3) is 0.880. The van der Waals surface area contributed by atoms with E-state index in [-0.39, 0.29) is 0 Å². The first kappa shape index (κ1) is 7.56. The van der Waals surface area contributed by atoms with E-state index in [1.54, 1.807) is 0 Å². The molecule has 0 unspecified atom stereocenters. The average Bonchev–Trinajstić information content (AvgIpc) is 2.61. The molecule has 2 nitrogen and oxygen atoms in total. The molecule has 67 valence electrons. The standard InChI is InChI=1S/C12H9N2/c1-14-8-6-10-5-4-9-3-2-7-13-11(9)12(10)14/h2-5,7-8H,1H3. The van der Waals surface area contributed by atoms with Gasteiger partial charge in [-0.15, -0.1) is 0 Å². The zero-order chi connectivity index (χ0) is 9.54. The summed E-state index contributed by atoms with van der Waals surface area (Å²) >= 11 is 0. The number of rotatable bonds is 0. The van der Waals surface area contributed by atoms with Gasteiger partial charge in [-0.2, -0.15) is 0 Å². The summed E-state index contributed by atoms with van der Waals surface area (Å²) in [6, 6.07) is 11.4. The lowest BCUT2D eigenvalue weighted by Crippen LogP contribution is -1.87. The quantitative estimate of drug-likeness (QED) is 0.521. The Balaban J connectivity index is 2.65. The average molecular weight is 181 g/mol. The Bertz CT molecular complexity index is 608. The van der Waals surface area contributed by atoms with Gasteiger partial charge in [0.2, 0.25) is 0 Å². The molecular formula is C12H9N2. The molecule has 0 spiro atoms. The second kappa shape index (κ2) is 2.58. The SMILES string of the molecule is Cn1c[c]c2ccc3cccnc3c21. The molecule has 0 amide bonds. The first-order chi connectivity index (χ1) is 6.86. The summed E-state index contributed by atoms with van der Waals surface area (Å²) in [6.45, 7) is 0. The lowest BCUT2D eigenvalue weighted by molar-refractivity contribution is 0.970. The smallest absolute Gasteiger partial charge is 0.0944 e. The van der Waals surface area contributed by atoms with Crippen LogP contribution in [-0.4, -0.2) is 9.55 Å². The number of aryl methyl sites for hydroxylation is 1. The van der Waals surface area contributed by atoms with Gasteiger partial charge in [0.25, 0.3) is 0 Å². The third-order valence-electron chi connectivity index (χ3n) is 2.51. The van der Waals surface area contributed by atoms with E-state index in [4.69, 9.17) is 0 Å². The van der Waals surface area contributed by atoms with Crippen molar-refractivity contribution in [2.24, 2.45) is 7.05 Å². The van der Waals surface area contributed by atoms with Gasteiger partial charge in [-0.25, -0.2) is 0 Å². The summed E-state index contributed by atoms with van der Waals surface area (Å²) in [4.78, 5) is 4.40. The maximum Gasteiger partial charge on any atom is 0.0944 e. The number of aromatic nitrogens is 2. The van der Waals surface area contributed by atoms with Crippen molar-refractivity contribution in [2.45, 2.75) is 0 Å². The molecule has 1 aromatic carbocycles. The molecule has 0 aliphatic rings. The van der Waals surface area contributed by atoms with E-state index in [2.05, 4.69) is 33.8 Å². The van der Waals surface area contributed by atoms with Crippen molar-refractivity contribution in [3.63, 3.8) is 0 Å². The van der Waals surface area contributed by atoms with Crippen LogP contribution in [0, 0.1) is 6.07 Å². The minimum absolute atomic E-state index is 1.05. The van der Waals surface area contributed by atoms with Crippen molar-refractivity contribution < 1.29 is 0 Å². The van der Waals surface area contributed by atoms with Gasteiger partial charge in [-0.1, -0.05) is 18.2 Å². The van der Waals surface area contributed by atoms with E-state index in [0.717, 1.165) is 16.4 Å². The third-order valence-corrected chi connectivity index (χ3v) is 2.51. The van der Waals surface area contributed by atoms with Crippen LogP contribution in [0.2, 0.25) is 0 Å². The van der Waals surface area contributed by atoms with Crippen LogP contribution in [0.15, 0.2) is 36.7 Å². The zero-order valence-corrected chi connectivity index (χ0v) is 7.86. The molecule has 0 atom stereocenters. The summed E-state index contributed by atoms with van der Waals surface area (Å²) in [6.07, 6.45) is 3.77. The number of fused-ring (bicyclic) bond motifs is 3. The maximum absolute atomic E-state index is 4.40. The van der Waals surface area contributed by atoms with Crippen LogP contribution in [0.25, 0.3) is 21.8 Å². The van der Waals surface area contributed by atoms with Gasteiger partial charge in [0, 0.05) is 36.3 Å². The van der Waals surface area contributed by atoms with E-state index >= 15 is 0 Å². The van der Waals surface area contributed by atoms with Crippen LogP contribution in [0.3, 0.4) is 0 Å². The van der Waals surface area contributed by atoms with Crippen LogP contribution < -0.4 is 0 Å². The van der Waals surface area contributed by atoms with Crippen molar-refractivity contribution >= 4 is 21.8 Å². The van der Waals surface area contributed by atoms with Crippen LogP contribution in [0.5, 0.6) is 0 Å². The van der Waals surface area contributed by atoms with Crippen LogP contribution >= 0.6 is 0 Å². The first-order valence-corrected chi connectivity index (χ1v) is 4.57. The molecule has 1 radical (unpaired) electrons. The summed E-state index contributed by atoms with van der Waals surface area (Å²) < 4.78 is 2.06. The molecule has 0 N–H and O–H groups in total. The second-order valence-electron chi connectivity index (χ2n) is 3.42. The summed E-state index contributed by atoms with van der Waals surface area (Å²) in [5.41, 5.74) is 2.21. The Morgan fingerprint density at radius 3 is 3.14 bits per heavy atom. The first-order valence-electron chi connectivity index (χ1n) is 4.57. The fraction of sp³-hybridized carbons (Fsp3) is 0.0833. The Morgan fingerprint density at radius 1 is 1.29 bits per heavy atom. The Hall–Kier alpha value is -1.83. The van der Waals surface area contributed by atoms with Gasteiger partial charge < -0.3 is 4.57 Å². The van der Waals surface area contributed by atoms with E-state index in [0.29, 0.717) is 0 Å². The fourth-order valence-corrected chi connectivity index (χ4v) is 1.83. The van der Waals surface area contributed by atoms with Crippen molar-refractivity contribution in [3.05, 3.63) is 42.7 Å². The van der Waals surface area contributed by atoms with Crippen molar-refractivity contribution in [2.75, 3.05) is 0 Å². The number of pyridine rings is 1. The highest BCUT2D eigenvalue weighted by molar-refractivity contribution is 6.03. The molecule has 14 heavy (non-hydrogen) atoms. The van der Waals surface area contributed by atoms with Gasteiger partial charge in [0.05, 0.1) is 11.0 Å². The van der Waals surface area contributed by atoms with Gasteiger partial charge >= 0.3 is 0 Å². The van der Waals surface area contributed by atoms with E-state index < -0.39 is 0 Å². The van der Waals surface area contributed by atoms with E-state index in [1.807, 2.05) is 25.5 Å². The van der Waals surface area contributed by atoms with Crippen LogP contribution in [-0.2, 0) is 7.05 Å². The maximum atomic E-state index is 4.40. The molecule has 2 heterocycles. The highest BCUT2D eigenvalue weighted by Crippen LogP contribution is 2.22. The molecule has 2 heteroatoms. The summed E-state index contributed by atoms with van der Waals surface area (Å²) in [5.74, 6) is 0. The van der Waals surface area contributed by atoms with Gasteiger partial charge in [0.1, 0.15) is 0 Å². The van der Waals surface area contributed by atoms with E-state index in [1.165, 1.54) is 5.39 Å². The second-order valence-corrected chi connectivity index (χ2v) is 3.42. The normalized spacial score (nSPS) is 11.2. The minimum atomic E-state index is 1.05. The molecule has 0 bridgehead atoms. The van der Waals surface area contributed by atoms with E-state index in [9.17, 15) is 0 Å². The lowest BCUT2D eigenvalue weighted by atomic mass is 10.1. The Morgan fingerprint density at radius 2 is 2.21 bits per heavy atom. The molecule has 3 aromatic rings. The molecule has 3 rings (SSSR count). The molecule has 0 fully saturated rings. The minimum Gasteiger partial charge on any atom is -0.348 e. The monoisotopic (exact) mass is 181 g/mol. The topological polar surface area (TPSA) is 17.8 Å². The highest BCUT2D eigenvalue weighted by Gasteiger charge is 2.03. The van der Waals surface area contributed by atoms with Crippen LogP contribution in [0.1, 0.15) is 0 Å². The molecule has 0 saturated carbocycles. The molecule has 0 saturated heterocycles. The summed E-state index contributed by atoms with van der Waals surface area (Å²) in [5, 5.41) is 2.30.